The summed E-state index contributed by atoms with van der Waals surface area (Å²) in [6.07, 6.45) is 0.0894. The zero-order valence-electron chi connectivity index (χ0n) is 15.0. The molecule has 26 heavy (non-hydrogen) atoms. The average Bonchev–Trinajstić information content (AvgIpc) is 2.64. The van der Waals surface area contributed by atoms with E-state index >= 15 is 0 Å². The molecule has 5 heteroatoms. The van der Waals surface area contributed by atoms with Crippen LogP contribution < -0.4 is 0 Å². The smallest absolute Gasteiger partial charge is 0.303 e. The Hall–Kier alpha value is -1.82. The fraction of sp³-hybridized carbons (Fsp3) is 0.381. The van der Waals surface area contributed by atoms with Gasteiger partial charge in [0, 0.05) is 18.2 Å². The lowest BCUT2D eigenvalue weighted by Crippen LogP contribution is -2.47. The molecule has 138 valence electrons. The summed E-state index contributed by atoms with van der Waals surface area (Å²) in [5, 5.41) is 0. The van der Waals surface area contributed by atoms with Crippen LogP contribution in [0.15, 0.2) is 65.6 Å². The maximum atomic E-state index is 11.5. The van der Waals surface area contributed by atoms with Gasteiger partial charge in [-0.05, 0) is 24.6 Å². The summed E-state index contributed by atoms with van der Waals surface area (Å²) < 4.78 is 17.8. The Morgan fingerprint density at radius 2 is 1.73 bits per heavy atom. The van der Waals surface area contributed by atoms with E-state index in [0.717, 1.165) is 10.5 Å². The largest absolute Gasteiger partial charge is 0.459 e. The molecule has 0 N–H and O–H groups in total. The monoisotopic (exact) mass is 372 g/mol. The van der Waals surface area contributed by atoms with Gasteiger partial charge in [-0.3, -0.25) is 4.79 Å². The summed E-state index contributed by atoms with van der Waals surface area (Å²) in [5.41, 5.74) is 0.873. The van der Waals surface area contributed by atoms with Crippen LogP contribution in [0.25, 0.3) is 0 Å². The summed E-state index contributed by atoms with van der Waals surface area (Å²) >= 11 is 1.58. The van der Waals surface area contributed by atoms with Crippen molar-refractivity contribution in [3.63, 3.8) is 0 Å². The van der Waals surface area contributed by atoms with Gasteiger partial charge in [0.1, 0.15) is 11.5 Å². The Bertz CT molecular complexity index is 692. The molecule has 4 atom stereocenters. The highest BCUT2D eigenvalue weighted by Crippen LogP contribution is 2.35. The average molecular weight is 372 g/mol. The SMILES string of the molecule is CC(=O)O[C@@H]1C[C@H](OCc2ccccc2)[C@@H](C)O[C@@H]1Sc1ccccc1. The Kier molecular flexibility index (Phi) is 6.72. The molecule has 0 amide bonds. The number of hydrogen-bond acceptors (Lipinski definition) is 5. The van der Waals surface area contributed by atoms with Crippen LogP contribution in [0.4, 0.5) is 0 Å². The minimum Gasteiger partial charge on any atom is -0.459 e. The molecule has 0 saturated carbocycles. The van der Waals surface area contributed by atoms with Gasteiger partial charge in [-0.1, -0.05) is 60.3 Å². The summed E-state index contributed by atoms with van der Waals surface area (Å²) in [7, 11) is 0. The molecule has 0 aliphatic carbocycles. The van der Waals surface area contributed by atoms with E-state index in [-0.39, 0.29) is 29.7 Å². The highest BCUT2D eigenvalue weighted by Gasteiger charge is 2.39. The van der Waals surface area contributed by atoms with Crippen molar-refractivity contribution in [1.29, 1.82) is 0 Å². The maximum Gasteiger partial charge on any atom is 0.303 e. The van der Waals surface area contributed by atoms with Gasteiger partial charge < -0.3 is 14.2 Å². The van der Waals surface area contributed by atoms with E-state index in [2.05, 4.69) is 0 Å². The molecular weight excluding hydrogens is 348 g/mol. The van der Waals surface area contributed by atoms with Crippen molar-refractivity contribution in [3.05, 3.63) is 66.2 Å². The van der Waals surface area contributed by atoms with Crippen LogP contribution >= 0.6 is 11.8 Å². The third-order valence-electron chi connectivity index (χ3n) is 4.26. The molecule has 1 saturated heterocycles. The molecule has 0 aromatic heterocycles. The van der Waals surface area contributed by atoms with Crippen LogP contribution in [0.2, 0.25) is 0 Å². The predicted molar refractivity (Wildman–Crippen MR) is 102 cm³/mol. The summed E-state index contributed by atoms with van der Waals surface area (Å²) in [5.74, 6) is -0.298. The topological polar surface area (TPSA) is 44.8 Å². The lowest BCUT2D eigenvalue weighted by molar-refractivity contribution is -0.180. The van der Waals surface area contributed by atoms with Gasteiger partial charge in [-0.25, -0.2) is 0 Å². The highest BCUT2D eigenvalue weighted by molar-refractivity contribution is 7.99. The second kappa shape index (κ2) is 9.21. The molecule has 0 radical (unpaired) electrons. The number of benzene rings is 2. The molecule has 1 aliphatic rings. The third kappa shape index (κ3) is 5.34. The number of carbonyl (C=O) groups excluding carboxylic acids is 1. The molecule has 0 unspecified atom stereocenters. The third-order valence-corrected chi connectivity index (χ3v) is 5.45. The van der Waals surface area contributed by atoms with Gasteiger partial charge in [0.25, 0.3) is 0 Å². The Morgan fingerprint density at radius 1 is 1.08 bits per heavy atom. The molecule has 1 fully saturated rings. The van der Waals surface area contributed by atoms with Crippen molar-refractivity contribution in [2.45, 2.75) is 55.5 Å². The Balaban J connectivity index is 1.64. The second-order valence-electron chi connectivity index (χ2n) is 6.36. The molecular formula is C21H24O4S. The lowest BCUT2D eigenvalue weighted by atomic mass is 10.0. The summed E-state index contributed by atoms with van der Waals surface area (Å²) in [6.45, 7) is 3.96. The Morgan fingerprint density at radius 3 is 2.38 bits per heavy atom. The van der Waals surface area contributed by atoms with E-state index in [1.807, 2.05) is 67.6 Å². The highest BCUT2D eigenvalue weighted by atomic mass is 32.2. The van der Waals surface area contributed by atoms with E-state index in [1.54, 1.807) is 11.8 Å². The molecule has 0 bridgehead atoms. The predicted octanol–water partition coefficient (Wildman–Crippen LogP) is 4.43. The van der Waals surface area contributed by atoms with Crippen molar-refractivity contribution in [2.24, 2.45) is 0 Å². The van der Waals surface area contributed by atoms with Crippen molar-refractivity contribution in [1.82, 2.24) is 0 Å². The van der Waals surface area contributed by atoms with Gasteiger partial charge in [0.2, 0.25) is 0 Å². The van der Waals surface area contributed by atoms with Crippen LogP contribution in [-0.2, 0) is 25.6 Å². The first kappa shape index (κ1) is 19.0. The quantitative estimate of drug-likeness (QED) is 0.702. The molecule has 0 spiro atoms. The molecule has 2 aromatic carbocycles. The second-order valence-corrected chi connectivity index (χ2v) is 7.53. The number of carbonyl (C=O) groups is 1. The first-order chi connectivity index (χ1) is 12.6. The number of hydrogen-bond donors (Lipinski definition) is 0. The van der Waals surface area contributed by atoms with Crippen molar-refractivity contribution >= 4 is 17.7 Å². The van der Waals surface area contributed by atoms with E-state index < -0.39 is 0 Å². The van der Waals surface area contributed by atoms with Gasteiger partial charge in [0.05, 0.1) is 18.8 Å². The van der Waals surface area contributed by atoms with Gasteiger partial charge in [-0.15, -0.1) is 0 Å². The van der Waals surface area contributed by atoms with E-state index in [1.165, 1.54) is 6.92 Å². The van der Waals surface area contributed by atoms with Crippen LogP contribution in [0.5, 0.6) is 0 Å². The standard InChI is InChI=1S/C21H24O4S/c1-15-19(23-14-17-9-5-3-6-10-17)13-20(25-16(2)22)21(24-15)26-18-11-7-4-8-12-18/h3-12,15,19-21H,13-14H2,1-2H3/t15-,19+,20-,21-/m1/s1. The van der Waals surface area contributed by atoms with Gasteiger partial charge in [-0.2, -0.15) is 0 Å². The zero-order valence-corrected chi connectivity index (χ0v) is 15.9. The molecule has 2 aromatic rings. The van der Waals surface area contributed by atoms with E-state index in [0.29, 0.717) is 13.0 Å². The number of rotatable bonds is 6. The van der Waals surface area contributed by atoms with Crippen LogP contribution in [0, 0.1) is 0 Å². The fourth-order valence-electron chi connectivity index (χ4n) is 2.95. The first-order valence-corrected chi connectivity index (χ1v) is 9.69. The van der Waals surface area contributed by atoms with Crippen molar-refractivity contribution in [3.8, 4) is 0 Å². The minimum atomic E-state index is -0.338. The van der Waals surface area contributed by atoms with Crippen molar-refractivity contribution < 1.29 is 19.0 Å². The number of thioether (sulfide) groups is 1. The van der Waals surface area contributed by atoms with E-state index in [9.17, 15) is 4.79 Å². The first-order valence-electron chi connectivity index (χ1n) is 8.81. The number of ether oxygens (including phenoxy) is 3. The molecule has 1 heterocycles. The molecule has 1 aliphatic heterocycles. The van der Waals surface area contributed by atoms with Gasteiger partial charge >= 0.3 is 5.97 Å². The van der Waals surface area contributed by atoms with Crippen LogP contribution in [0.3, 0.4) is 0 Å². The zero-order chi connectivity index (χ0) is 18.4. The number of esters is 1. The lowest BCUT2D eigenvalue weighted by Gasteiger charge is -2.39. The summed E-state index contributed by atoms with van der Waals surface area (Å²) in [6, 6.07) is 20.0. The molecule has 4 nitrogen and oxygen atoms in total. The normalized spacial score (nSPS) is 25.6. The minimum absolute atomic E-state index is 0.0771. The van der Waals surface area contributed by atoms with Gasteiger partial charge in [0.15, 0.2) is 0 Å². The molecule has 3 rings (SSSR count). The Labute approximate surface area is 158 Å². The van der Waals surface area contributed by atoms with E-state index in [4.69, 9.17) is 14.2 Å². The van der Waals surface area contributed by atoms with Crippen LogP contribution in [0.1, 0.15) is 25.8 Å². The summed E-state index contributed by atoms with van der Waals surface area (Å²) in [4.78, 5) is 12.6. The fourth-order valence-corrected chi connectivity index (χ4v) is 4.09. The van der Waals surface area contributed by atoms with Crippen LogP contribution in [-0.4, -0.2) is 29.7 Å². The van der Waals surface area contributed by atoms with Crippen molar-refractivity contribution in [2.75, 3.05) is 0 Å². The maximum absolute atomic E-state index is 11.5.